The lowest BCUT2D eigenvalue weighted by atomic mass is 10.1. The maximum absolute atomic E-state index is 13.0. The van der Waals surface area contributed by atoms with Gasteiger partial charge in [0.15, 0.2) is 5.82 Å². The molecule has 2 aromatic rings. The van der Waals surface area contributed by atoms with Gasteiger partial charge in [-0.15, -0.1) is 0 Å². The molecule has 0 radical (unpaired) electrons. The van der Waals surface area contributed by atoms with Crippen molar-refractivity contribution in [2.24, 2.45) is 5.92 Å². The van der Waals surface area contributed by atoms with E-state index in [1.807, 2.05) is 20.8 Å². The molecule has 0 bridgehead atoms. The van der Waals surface area contributed by atoms with E-state index < -0.39 is 11.9 Å². The van der Waals surface area contributed by atoms with Crippen molar-refractivity contribution >= 4 is 11.6 Å². The van der Waals surface area contributed by atoms with Crippen LogP contribution in [0.4, 0.5) is 24.8 Å². The highest BCUT2D eigenvalue weighted by molar-refractivity contribution is 5.59. The van der Waals surface area contributed by atoms with Gasteiger partial charge in [-0.1, -0.05) is 6.07 Å². The zero-order valence-electron chi connectivity index (χ0n) is 15.9. The first-order valence-electron chi connectivity index (χ1n) is 9.00. The van der Waals surface area contributed by atoms with Crippen LogP contribution in [0, 0.1) is 5.92 Å². The van der Waals surface area contributed by atoms with Crippen molar-refractivity contribution in [1.82, 2.24) is 15.0 Å². The van der Waals surface area contributed by atoms with Crippen molar-refractivity contribution in [2.75, 3.05) is 10.6 Å². The molecule has 1 fully saturated rings. The van der Waals surface area contributed by atoms with Crippen molar-refractivity contribution in [1.29, 1.82) is 0 Å². The van der Waals surface area contributed by atoms with E-state index in [9.17, 15) is 13.2 Å². The largest absolute Gasteiger partial charge is 0.433 e. The second kappa shape index (κ2) is 6.98. The summed E-state index contributed by atoms with van der Waals surface area (Å²) in [7, 11) is 0. The molecule has 146 valence electrons. The predicted molar refractivity (Wildman–Crippen MR) is 99.4 cm³/mol. The molecule has 0 saturated heterocycles. The zero-order chi connectivity index (χ0) is 19.8. The number of halogens is 3. The predicted octanol–water partition coefficient (Wildman–Crippen LogP) is 4.98. The molecule has 2 heterocycles. The minimum absolute atomic E-state index is 0.0875. The molecule has 1 saturated carbocycles. The molecular formula is C19H24F3N5. The number of aromatic nitrogens is 3. The SMILES string of the molecule is C[C@@H](Nc1cc(NC(C)(C)C)nc(-c2cccc(C(F)(F)F)n2)n1)C1CC1. The number of hydrogen-bond acceptors (Lipinski definition) is 5. The zero-order valence-corrected chi connectivity index (χ0v) is 15.9. The van der Waals surface area contributed by atoms with E-state index in [1.54, 1.807) is 6.07 Å². The lowest BCUT2D eigenvalue weighted by Crippen LogP contribution is -2.27. The Morgan fingerprint density at radius 2 is 1.70 bits per heavy atom. The summed E-state index contributed by atoms with van der Waals surface area (Å²) < 4.78 is 39.0. The summed E-state index contributed by atoms with van der Waals surface area (Å²) in [6, 6.07) is 5.76. The lowest BCUT2D eigenvalue weighted by Gasteiger charge is -2.22. The van der Waals surface area contributed by atoms with Gasteiger partial charge in [0.2, 0.25) is 0 Å². The van der Waals surface area contributed by atoms with Crippen molar-refractivity contribution in [3.63, 3.8) is 0 Å². The first-order valence-corrected chi connectivity index (χ1v) is 9.00. The minimum Gasteiger partial charge on any atom is -0.367 e. The van der Waals surface area contributed by atoms with Crippen LogP contribution in [0.15, 0.2) is 24.3 Å². The average Bonchev–Trinajstić information content (AvgIpc) is 3.37. The number of rotatable bonds is 5. The molecule has 1 aliphatic carbocycles. The van der Waals surface area contributed by atoms with E-state index >= 15 is 0 Å². The highest BCUT2D eigenvalue weighted by Crippen LogP contribution is 2.34. The molecule has 0 amide bonds. The summed E-state index contributed by atoms with van der Waals surface area (Å²) in [4.78, 5) is 12.5. The Hall–Kier alpha value is -2.38. The van der Waals surface area contributed by atoms with Crippen molar-refractivity contribution in [2.45, 2.75) is 58.3 Å². The van der Waals surface area contributed by atoms with Crippen LogP contribution in [0.3, 0.4) is 0 Å². The van der Waals surface area contributed by atoms with Crippen LogP contribution >= 0.6 is 0 Å². The Morgan fingerprint density at radius 1 is 1.04 bits per heavy atom. The highest BCUT2D eigenvalue weighted by Gasteiger charge is 2.33. The first-order chi connectivity index (χ1) is 12.5. The van der Waals surface area contributed by atoms with Gasteiger partial charge in [-0.2, -0.15) is 13.2 Å². The van der Waals surface area contributed by atoms with Gasteiger partial charge >= 0.3 is 6.18 Å². The summed E-state index contributed by atoms with van der Waals surface area (Å²) in [5.41, 5.74) is -1.13. The fourth-order valence-corrected chi connectivity index (χ4v) is 2.75. The van der Waals surface area contributed by atoms with Crippen LogP contribution in [-0.2, 0) is 6.18 Å². The normalized spacial score (nSPS) is 16.1. The van der Waals surface area contributed by atoms with Gasteiger partial charge in [-0.05, 0) is 58.6 Å². The second-order valence-electron chi connectivity index (χ2n) is 8.01. The van der Waals surface area contributed by atoms with E-state index in [0.717, 1.165) is 6.07 Å². The van der Waals surface area contributed by atoms with Gasteiger partial charge in [0.05, 0.1) is 0 Å². The standard InChI is InChI=1S/C19H24F3N5/c1-11(12-8-9-12)23-15-10-16(27-18(2,3)4)26-17(25-15)13-6-5-7-14(24-13)19(20,21)22/h5-7,10-12H,8-9H2,1-4H3,(H2,23,25,26,27)/t11-/m1/s1. The number of pyridine rings is 1. The molecule has 1 aliphatic rings. The van der Waals surface area contributed by atoms with Crippen LogP contribution in [0.5, 0.6) is 0 Å². The third-order valence-electron chi connectivity index (χ3n) is 4.20. The van der Waals surface area contributed by atoms with E-state index in [2.05, 4.69) is 32.5 Å². The number of anilines is 2. The van der Waals surface area contributed by atoms with Crippen molar-refractivity contribution in [3.05, 3.63) is 30.0 Å². The molecule has 0 aliphatic heterocycles. The maximum atomic E-state index is 13.0. The Morgan fingerprint density at radius 3 is 2.30 bits per heavy atom. The summed E-state index contributed by atoms with van der Waals surface area (Å²) >= 11 is 0. The topological polar surface area (TPSA) is 62.7 Å². The van der Waals surface area contributed by atoms with Crippen molar-refractivity contribution in [3.8, 4) is 11.5 Å². The van der Waals surface area contributed by atoms with Gasteiger partial charge in [-0.3, -0.25) is 0 Å². The summed E-state index contributed by atoms with van der Waals surface area (Å²) in [6.45, 7) is 8.03. The van der Waals surface area contributed by atoms with Gasteiger partial charge in [-0.25, -0.2) is 15.0 Å². The lowest BCUT2D eigenvalue weighted by molar-refractivity contribution is -0.141. The number of nitrogens with zero attached hydrogens (tertiary/aromatic N) is 3. The Labute approximate surface area is 156 Å². The van der Waals surface area contributed by atoms with E-state index in [0.29, 0.717) is 17.6 Å². The number of nitrogens with one attached hydrogen (secondary N) is 2. The first kappa shape index (κ1) is 19.4. The highest BCUT2D eigenvalue weighted by atomic mass is 19.4. The molecule has 2 N–H and O–H groups in total. The maximum Gasteiger partial charge on any atom is 0.433 e. The monoisotopic (exact) mass is 379 g/mol. The van der Waals surface area contributed by atoms with Crippen LogP contribution in [0.2, 0.25) is 0 Å². The molecular weight excluding hydrogens is 355 g/mol. The average molecular weight is 379 g/mol. The van der Waals surface area contributed by atoms with Crippen LogP contribution in [-0.4, -0.2) is 26.5 Å². The van der Waals surface area contributed by atoms with Crippen molar-refractivity contribution < 1.29 is 13.2 Å². The molecule has 5 nitrogen and oxygen atoms in total. The third-order valence-corrected chi connectivity index (χ3v) is 4.20. The smallest absolute Gasteiger partial charge is 0.367 e. The molecule has 1 atom stereocenters. The minimum atomic E-state index is -4.52. The molecule has 27 heavy (non-hydrogen) atoms. The van der Waals surface area contributed by atoms with E-state index in [-0.39, 0.29) is 23.1 Å². The van der Waals surface area contributed by atoms with Crippen LogP contribution in [0.1, 0.15) is 46.2 Å². The molecule has 2 aromatic heterocycles. The van der Waals surface area contributed by atoms with Gasteiger partial charge in [0, 0.05) is 17.6 Å². The third kappa shape index (κ3) is 5.30. The Balaban J connectivity index is 1.98. The van der Waals surface area contributed by atoms with Gasteiger partial charge < -0.3 is 10.6 Å². The fourth-order valence-electron chi connectivity index (χ4n) is 2.75. The van der Waals surface area contributed by atoms with Crippen LogP contribution < -0.4 is 10.6 Å². The Kier molecular flexibility index (Phi) is 5.01. The molecule has 0 spiro atoms. The van der Waals surface area contributed by atoms with E-state index in [4.69, 9.17) is 0 Å². The summed E-state index contributed by atoms with van der Waals surface area (Å²) in [5.74, 6) is 1.87. The fraction of sp³-hybridized carbons (Fsp3) is 0.526. The number of hydrogen-bond donors (Lipinski definition) is 2. The Bertz CT molecular complexity index is 810. The second-order valence-corrected chi connectivity index (χ2v) is 8.01. The quantitative estimate of drug-likeness (QED) is 0.767. The summed E-state index contributed by atoms with van der Waals surface area (Å²) in [5, 5.41) is 6.60. The van der Waals surface area contributed by atoms with Gasteiger partial charge in [0.1, 0.15) is 23.0 Å². The van der Waals surface area contributed by atoms with E-state index in [1.165, 1.54) is 25.0 Å². The number of alkyl halides is 3. The molecule has 8 heteroatoms. The van der Waals surface area contributed by atoms with Gasteiger partial charge in [0.25, 0.3) is 0 Å². The molecule has 0 aromatic carbocycles. The molecule has 3 rings (SSSR count). The molecule has 0 unspecified atom stereocenters. The van der Waals surface area contributed by atoms with Crippen LogP contribution in [0.25, 0.3) is 11.5 Å². The summed E-state index contributed by atoms with van der Waals surface area (Å²) in [6.07, 6.45) is -2.17.